The van der Waals surface area contributed by atoms with E-state index in [1.807, 2.05) is 30.5 Å². The Bertz CT molecular complexity index is 411. The van der Waals surface area contributed by atoms with Gasteiger partial charge in [0.05, 0.1) is 5.69 Å². The van der Waals surface area contributed by atoms with Crippen molar-refractivity contribution in [1.82, 2.24) is 10.3 Å². The Morgan fingerprint density at radius 1 is 1.06 bits per heavy atom. The van der Waals surface area contributed by atoms with Crippen molar-refractivity contribution >= 4 is 0 Å². The lowest BCUT2D eigenvalue weighted by Crippen LogP contribution is -2.18. The molecule has 16 heavy (non-hydrogen) atoms. The van der Waals surface area contributed by atoms with E-state index >= 15 is 0 Å². The Morgan fingerprint density at radius 3 is 2.50 bits per heavy atom. The second-order valence-electron chi connectivity index (χ2n) is 3.84. The van der Waals surface area contributed by atoms with Gasteiger partial charge in [-0.1, -0.05) is 36.4 Å². The number of rotatable bonds is 4. The molecule has 0 fully saturated rings. The van der Waals surface area contributed by atoms with Crippen LogP contribution in [0.25, 0.3) is 0 Å². The molecule has 1 aromatic carbocycles. The zero-order valence-electron chi connectivity index (χ0n) is 9.43. The molecule has 0 spiro atoms. The summed E-state index contributed by atoms with van der Waals surface area (Å²) in [4.78, 5) is 4.33. The molecular formula is C14H16N2. The van der Waals surface area contributed by atoms with Gasteiger partial charge in [-0.15, -0.1) is 0 Å². The van der Waals surface area contributed by atoms with Crippen LogP contribution in [0, 0.1) is 0 Å². The number of benzene rings is 1. The van der Waals surface area contributed by atoms with Crippen LogP contribution >= 0.6 is 0 Å². The first kappa shape index (κ1) is 10.8. The minimum Gasteiger partial charge on any atom is -0.305 e. The van der Waals surface area contributed by atoms with Crippen molar-refractivity contribution in [1.29, 1.82) is 0 Å². The van der Waals surface area contributed by atoms with Crippen LogP contribution < -0.4 is 5.32 Å². The summed E-state index contributed by atoms with van der Waals surface area (Å²) in [6, 6.07) is 16.7. The molecule has 2 heteroatoms. The Hall–Kier alpha value is -1.67. The third-order valence-electron chi connectivity index (χ3n) is 2.59. The molecule has 1 aromatic heterocycles. The van der Waals surface area contributed by atoms with Gasteiger partial charge in [0.25, 0.3) is 0 Å². The fourth-order valence-corrected chi connectivity index (χ4v) is 1.60. The highest BCUT2D eigenvalue weighted by molar-refractivity contribution is 5.15. The predicted molar refractivity (Wildman–Crippen MR) is 65.9 cm³/mol. The van der Waals surface area contributed by atoms with Crippen molar-refractivity contribution in [2.45, 2.75) is 19.5 Å². The fraction of sp³-hybridized carbons (Fsp3) is 0.214. The summed E-state index contributed by atoms with van der Waals surface area (Å²) in [5, 5.41) is 3.45. The maximum Gasteiger partial charge on any atom is 0.0570 e. The third kappa shape index (κ3) is 2.91. The van der Waals surface area contributed by atoms with E-state index in [2.05, 4.69) is 41.5 Å². The molecule has 0 aliphatic rings. The Balaban J connectivity index is 1.92. The minimum atomic E-state index is 0.279. The topological polar surface area (TPSA) is 24.9 Å². The molecule has 2 nitrogen and oxygen atoms in total. The van der Waals surface area contributed by atoms with Gasteiger partial charge >= 0.3 is 0 Å². The smallest absolute Gasteiger partial charge is 0.0570 e. The van der Waals surface area contributed by atoms with E-state index < -0.39 is 0 Å². The molecule has 1 unspecified atom stereocenters. The molecule has 0 aliphatic heterocycles. The lowest BCUT2D eigenvalue weighted by atomic mass is 10.2. The minimum absolute atomic E-state index is 0.279. The van der Waals surface area contributed by atoms with Crippen LogP contribution in [-0.2, 0) is 6.54 Å². The van der Waals surface area contributed by atoms with Crippen LogP contribution in [-0.4, -0.2) is 4.98 Å². The molecule has 0 aliphatic carbocycles. The van der Waals surface area contributed by atoms with Crippen molar-refractivity contribution < 1.29 is 0 Å². The summed E-state index contributed by atoms with van der Waals surface area (Å²) in [6.45, 7) is 3.00. The first-order valence-electron chi connectivity index (χ1n) is 5.54. The summed E-state index contributed by atoms with van der Waals surface area (Å²) in [6.07, 6.45) is 1.83. The van der Waals surface area contributed by atoms with E-state index in [1.165, 1.54) is 5.56 Å². The largest absolute Gasteiger partial charge is 0.305 e. The molecule has 82 valence electrons. The molecule has 1 N–H and O–H groups in total. The molecule has 0 radical (unpaired) electrons. The lowest BCUT2D eigenvalue weighted by molar-refractivity contribution is 0.561. The first-order valence-corrected chi connectivity index (χ1v) is 5.54. The predicted octanol–water partition coefficient (Wildman–Crippen LogP) is 2.93. The van der Waals surface area contributed by atoms with Crippen molar-refractivity contribution in [3.05, 3.63) is 66.0 Å². The van der Waals surface area contributed by atoms with Gasteiger partial charge in [0.2, 0.25) is 0 Å². The number of nitrogens with zero attached hydrogens (tertiary/aromatic N) is 1. The molecular weight excluding hydrogens is 196 g/mol. The Kier molecular flexibility index (Phi) is 3.67. The Morgan fingerprint density at radius 2 is 1.81 bits per heavy atom. The summed E-state index contributed by atoms with van der Waals surface area (Å²) in [7, 11) is 0. The van der Waals surface area contributed by atoms with Gasteiger partial charge in [0.15, 0.2) is 0 Å². The highest BCUT2D eigenvalue weighted by Crippen LogP contribution is 2.09. The van der Waals surface area contributed by atoms with Crippen LogP contribution in [0.5, 0.6) is 0 Å². The van der Waals surface area contributed by atoms with E-state index in [-0.39, 0.29) is 6.04 Å². The van der Waals surface area contributed by atoms with Crippen LogP contribution in [0.4, 0.5) is 0 Å². The molecule has 1 atom stereocenters. The van der Waals surface area contributed by atoms with Gasteiger partial charge in [-0.3, -0.25) is 4.98 Å². The number of pyridine rings is 1. The molecule has 0 amide bonds. The SMILES string of the molecule is CC(NCc1ccccc1)c1ccccn1. The van der Waals surface area contributed by atoms with Crippen molar-refractivity contribution in [2.24, 2.45) is 0 Å². The van der Waals surface area contributed by atoms with Crippen molar-refractivity contribution in [3.8, 4) is 0 Å². The van der Waals surface area contributed by atoms with E-state index in [9.17, 15) is 0 Å². The maximum absolute atomic E-state index is 4.33. The Labute approximate surface area is 96.4 Å². The van der Waals surface area contributed by atoms with Crippen LogP contribution in [0.3, 0.4) is 0 Å². The molecule has 0 bridgehead atoms. The van der Waals surface area contributed by atoms with Crippen LogP contribution in [0.15, 0.2) is 54.7 Å². The highest BCUT2D eigenvalue weighted by Gasteiger charge is 2.04. The normalized spacial score (nSPS) is 12.3. The van der Waals surface area contributed by atoms with Crippen molar-refractivity contribution in [2.75, 3.05) is 0 Å². The quantitative estimate of drug-likeness (QED) is 0.842. The van der Waals surface area contributed by atoms with E-state index in [0.29, 0.717) is 0 Å². The second-order valence-corrected chi connectivity index (χ2v) is 3.84. The maximum atomic E-state index is 4.33. The number of hydrogen-bond donors (Lipinski definition) is 1. The van der Waals surface area contributed by atoms with E-state index in [4.69, 9.17) is 0 Å². The second kappa shape index (κ2) is 5.42. The molecule has 1 heterocycles. The third-order valence-corrected chi connectivity index (χ3v) is 2.59. The molecule has 2 rings (SSSR count). The van der Waals surface area contributed by atoms with Gasteiger partial charge in [0, 0.05) is 18.8 Å². The number of nitrogens with one attached hydrogen (secondary N) is 1. The standard InChI is InChI=1S/C14H16N2/c1-12(14-9-5-6-10-15-14)16-11-13-7-3-2-4-8-13/h2-10,12,16H,11H2,1H3. The van der Waals surface area contributed by atoms with Gasteiger partial charge in [-0.2, -0.15) is 0 Å². The fourth-order valence-electron chi connectivity index (χ4n) is 1.60. The van der Waals surface area contributed by atoms with E-state index in [1.54, 1.807) is 0 Å². The van der Waals surface area contributed by atoms with Gasteiger partial charge in [-0.05, 0) is 24.6 Å². The number of aromatic nitrogens is 1. The molecule has 0 saturated carbocycles. The first-order chi connectivity index (χ1) is 7.86. The molecule has 2 aromatic rings. The van der Waals surface area contributed by atoms with Gasteiger partial charge in [-0.25, -0.2) is 0 Å². The summed E-state index contributed by atoms with van der Waals surface area (Å²) < 4.78 is 0. The summed E-state index contributed by atoms with van der Waals surface area (Å²) >= 11 is 0. The van der Waals surface area contributed by atoms with Crippen LogP contribution in [0.1, 0.15) is 24.2 Å². The van der Waals surface area contributed by atoms with E-state index in [0.717, 1.165) is 12.2 Å². The summed E-state index contributed by atoms with van der Waals surface area (Å²) in [5.41, 5.74) is 2.38. The van der Waals surface area contributed by atoms with Gasteiger partial charge in [0.1, 0.15) is 0 Å². The zero-order valence-corrected chi connectivity index (χ0v) is 9.43. The summed E-state index contributed by atoms with van der Waals surface area (Å²) in [5.74, 6) is 0. The van der Waals surface area contributed by atoms with Gasteiger partial charge < -0.3 is 5.32 Å². The average molecular weight is 212 g/mol. The molecule has 0 saturated heterocycles. The lowest BCUT2D eigenvalue weighted by Gasteiger charge is -2.12. The highest BCUT2D eigenvalue weighted by atomic mass is 14.9. The average Bonchev–Trinajstić information content (AvgIpc) is 2.38. The van der Waals surface area contributed by atoms with Crippen molar-refractivity contribution in [3.63, 3.8) is 0 Å². The van der Waals surface area contributed by atoms with Crippen LogP contribution in [0.2, 0.25) is 0 Å². The zero-order chi connectivity index (χ0) is 11.2. The monoisotopic (exact) mass is 212 g/mol. The number of hydrogen-bond acceptors (Lipinski definition) is 2.